The molecule has 1 aromatic carbocycles. The number of hydrogen-bond acceptors (Lipinski definition) is 3. The van der Waals surface area contributed by atoms with E-state index in [1.54, 1.807) is 0 Å². The quantitative estimate of drug-likeness (QED) is 0.895. The van der Waals surface area contributed by atoms with Gasteiger partial charge in [0, 0.05) is 12.0 Å². The molecule has 2 rings (SSSR count). The van der Waals surface area contributed by atoms with Gasteiger partial charge in [0.15, 0.2) is 0 Å². The number of rotatable bonds is 2. The monoisotopic (exact) mass is 269 g/mol. The first-order valence-electron chi connectivity index (χ1n) is 5.93. The van der Waals surface area contributed by atoms with E-state index in [1.807, 2.05) is 39.0 Å². The molecule has 1 N–H and O–H groups in total. The minimum absolute atomic E-state index is 0.223. The Kier molecular flexibility index (Phi) is 3.15. The third kappa shape index (κ3) is 3.03. The van der Waals surface area contributed by atoms with Gasteiger partial charge in [-0.05, 0) is 32.4 Å². The Balaban J connectivity index is 2.44. The lowest BCUT2D eigenvalue weighted by molar-refractivity contribution is 0.0701. The molecule has 1 aliphatic rings. The van der Waals surface area contributed by atoms with Crippen molar-refractivity contribution in [3.8, 4) is 5.75 Å². The van der Waals surface area contributed by atoms with Crippen LogP contribution in [-0.4, -0.2) is 20.3 Å². The fraction of sp³-hybridized carbons (Fsp3) is 0.538. The van der Waals surface area contributed by atoms with Gasteiger partial charge in [0.05, 0.1) is 12.3 Å². The van der Waals surface area contributed by atoms with Crippen LogP contribution >= 0.6 is 0 Å². The Hall–Kier alpha value is -1.07. The van der Waals surface area contributed by atoms with Crippen LogP contribution in [0.4, 0.5) is 0 Å². The standard InChI is InChI=1S/C13H19NO3S/c1-9-5-6-10-11(14-18(4,15)16)8-13(2,3)17-12(10)7-9/h5-7,11,14H,8H2,1-4H3/t11-/m1/s1. The predicted molar refractivity (Wildman–Crippen MR) is 71.2 cm³/mol. The lowest BCUT2D eigenvalue weighted by atomic mass is 9.90. The highest BCUT2D eigenvalue weighted by molar-refractivity contribution is 7.88. The maximum Gasteiger partial charge on any atom is 0.209 e. The van der Waals surface area contributed by atoms with E-state index in [0.29, 0.717) is 6.42 Å². The smallest absolute Gasteiger partial charge is 0.209 e. The van der Waals surface area contributed by atoms with Crippen molar-refractivity contribution in [2.45, 2.75) is 38.8 Å². The van der Waals surface area contributed by atoms with Gasteiger partial charge in [-0.2, -0.15) is 0 Å². The molecule has 0 amide bonds. The van der Waals surface area contributed by atoms with Crippen molar-refractivity contribution in [2.24, 2.45) is 0 Å². The lowest BCUT2D eigenvalue weighted by Crippen LogP contribution is -2.41. The highest BCUT2D eigenvalue weighted by Crippen LogP contribution is 2.40. The maximum atomic E-state index is 11.4. The molecule has 0 spiro atoms. The lowest BCUT2D eigenvalue weighted by Gasteiger charge is -2.37. The van der Waals surface area contributed by atoms with Crippen molar-refractivity contribution in [3.63, 3.8) is 0 Å². The molecule has 4 nitrogen and oxygen atoms in total. The molecule has 0 aliphatic carbocycles. The van der Waals surface area contributed by atoms with Crippen LogP contribution in [0.25, 0.3) is 0 Å². The molecule has 0 unspecified atom stereocenters. The molecule has 1 aliphatic heterocycles. The Bertz CT molecular complexity index is 564. The zero-order valence-corrected chi connectivity index (χ0v) is 12.0. The Morgan fingerprint density at radius 2 is 2.06 bits per heavy atom. The third-order valence-corrected chi connectivity index (χ3v) is 3.70. The molecule has 0 saturated heterocycles. The molecule has 0 aromatic heterocycles. The first-order chi connectivity index (χ1) is 8.16. The molecule has 0 radical (unpaired) electrons. The van der Waals surface area contributed by atoms with E-state index < -0.39 is 10.0 Å². The molecule has 1 heterocycles. The van der Waals surface area contributed by atoms with E-state index in [-0.39, 0.29) is 11.6 Å². The van der Waals surface area contributed by atoms with Crippen molar-refractivity contribution < 1.29 is 13.2 Å². The maximum absolute atomic E-state index is 11.4. The Morgan fingerprint density at radius 1 is 1.39 bits per heavy atom. The first kappa shape index (κ1) is 13.4. The van der Waals surface area contributed by atoms with Crippen molar-refractivity contribution in [1.82, 2.24) is 4.72 Å². The number of ether oxygens (including phenoxy) is 1. The second-order valence-electron chi connectivity index (χ2n) is 5.55. The number of hydrogen-bond donors (Lipinski definition) is 1. The highest BCUT2D eigenvalue weighted by Gasteiger charge is 2.34. The molecular formula is C13H19NO3S. The number of nitrogens with one attached hydrogen (secondary N) is 1. The van der Waals surface area contributed by atoms with E-state index in [0.717, 1.165) is 16.9 Å². The van der Waals surface area contributed by atoms with Gasteiger partial charge in [-0.25, -0.2) is 13.1 Å². The van der Waals surface area contributed by atoms with Crippen LogP contribution in [0.5, 0.6) is 5.75 Å². The minimum Gasteiger partial charge on any atom is -0.487 e. The molecule has 100 valence electrons. The van der Waals surface area contributed by atoms with Gasteiger partial charge in [0.25, 0.3) is 0 Å². The first-order valence-corrected chi connectivity index (χ1v) is 7.82. The number of aryl methyl sites for hydroxylation is 1. The van der Waals surface area contributed by atoms with Crippen molar-refractivity contribution in [1.29, 1.82) is 0 Å². The topological polar surface area (TPSA) is 55.4 Å². The molecule has 5 heteroatoms. The van der Waals surface area contributed by atoms with Gasteiger partial charge in [-0.1, -0.05) is 12.1 Å². The molecular weight excluding hydrogens is 250 g/mol. The average molecular weight is 269 g/mol. The second-order valence-corrected chi connectivity index (χ2v) is 7.33. The molecule has 0 bridgehead atoms. The van der Waals surface area contributed by atoms with E-state index in [2.05, 4.69) is 4.72 Å². The van der Waals surface area contributed by atoms with Gasteiger partial charge >= 0.3 is 0 Å². The number of sulfonamides is 1. The Morgan fingerprint density at radius 3 is 2.67 bits per heavy atom. The zero-order chi connectivity index (χ0) is 13.6. The summed E-state index contributed by atoms with van der Waals surface area (Å²) in [5.74, 6) is 0.771. The van der Waals surface area contributed by atoms with Crippen LogP contribution in [0.15, 0.2) is 18.2 Å². The van der Waals surface area contributed by atoms with E-state index in [1.165, 1.54) is 6.26 Å². The van der Waals surface area contributed by atoms with Crippen LogP contribution in [-0.2, 0) is 10.0 Å². The van der Waals surface area contributed by atoms with Gasteiger partial charge in [-0.15, -0.1) is 0 Å². The predicted octanol–water partition coefficient (Wildman–Crippen LogP) is 2.15. The van der Waals surface area contributed by atoms with Crippen LogP contribution in [0.3, 0.4) is 0 Å². The van der Waals surface area contributed by atoms with Gasteiger partial charge < -0.3 is 4.74 Å². The molecule has 1 aromatic rings. The SMILES string of the molecule is Cc1ccc2c(c1)OC(C)(C)C[C@H]2NS(C)(=O)=O. The highest BCUT2D eigenvalue weighted by atomic mass is 32.2. The van der Waals surface area contributed by atoms with Gasteiger partial charge in [-0.3, -0.25) is 0 Å². The molecule has 0 fully saturated rings. The van der Waals surface area contributed by atoms with Crippen molar-refractivity contribution >= 4 is 10.0 Å². The largest absolute Gasteiger partial charge is 0.487 e. The van der Waals surface area contributed by atoms with Crippen LogP contribution in [0.1, 0.15) is 37.4 Å². The average Bonchev–Trinajstić information content (AvgIpc) is 2.11. The number of fused-ring (bicyclic) bond motifs is 1. The van der Waals surface area contributed by atoms with Crippen molar-refractivity contribution in [3.05, 3.63) is 29.3 Å². The summed E-state index contributed by atoms with van der Waals surface area (Å²) in [7, 11) is -3.23. The fourth-order valence-electron chi connectivity index (χ4n) is 2.32. The molecule has 18 heavy (non-hydrogen) atoms. The third-order valence-electron chi connectivity index (χ3n) is 2.98. The van der Waals surface area contributed by atoms with E-state index in [4.69, 9.17) is 4.74 Å². The van der Waals surface area contributed by atoms with Crippen LogP contribution < -0.4 is 9.46 Å². The van der Waals surface area contributed by atoms with E-state index >= 15 is 0 Å². The summed E-state index contributed by atoms with van der Waals surface area (Å²) < 4.78 is 31.5. The number of benzene rings is 1. The normalized spacial score (nSPS) is 22.1. The fourth-order valence-corrected chi connectivity index (χ4v) is 3.05. The Labute approximate surface area is 108 Å². The summed E-state index contributed by atoms with van der Waals surface area (Å²) >= 11 is 0. The summed E-state index contributed by atoms with van der Waals surface area (Å²) in [4.78, 5) is 0. The van der Waals surface area contributed by atoms with Crippen LogP contribution in [0, 0.1) is 6.92 Å². The van der Waals surface area contributed by atoms with Crippen molar-refractivity contribution in [2.75, 3.05) is 6.26 Å². The van der Waals surface area contributed by atoms with Crippen LogP contribution in [0.2, 0.25) is 0 Å². The molecule has 0 saturated carbocycles. The molecule has 1 atom stereocenters. The zero-order valence-electron chi connectivity index (χ0n) is 11.1. The summed E-state index contributed by atoms with van der Waals surface area (Å²) in [6.07, 6.45) is 1.81. The van der Waals surface area contributed by atoms with E-state index in [9.17, 15) is 8.42 Å². The summed E-state index contributed by atoms with van der Waals surface area (Å²) in [6, 6.07) is 5.63. The van der Waals surface area contributed by atoms with Gasteiger partial charge in [0.1, 0.15) is 11.4 Å². The van der Waals surface area contributed by atoms with Gasteiger partial charge in [0.2, 0.25) is 10.0 Å². The summed E-state index contributed by atoms with van der Waals surface area (Å²) in [6.45, 7) is 5.93. The summed E-state index contributed by atoms with van der Waals surface area (Å²) in [5, 5.41) is 0. The minimum atomic E-state index is -3.23. The second kappa shape index (κ2) is 4.24. The summed E-state index contributed by atoms with van der Waals surface area (Å²) in [5.41, 5.74) is 1.64.